The summed E-state index contributed by atoms with van der Waals surface area (Å²) in [6, 6.07) is 14.4. The minimum Gasteiger partial charge on any atom is -0.507 e. The average molecular weight is 383 g/mol. The normalized spacial score (nSPS) is 19.1. The number of thioether (sulfide) groups is 1. The SMILES string of the molecule is CCSCCCc1cc(O)c2c(c1)CC(CC)(Cc1ccccc1)CC2=O. The number of rotatable bonds is 8. The molecule has 0 saturated heterocycles. The van der Waals surface area contributed by atoms with Crippen LogP contribution >= 0.6 is 11.8 Å². The number of hydrogen-bond acceptors (Lipinski definition) is 3. The van der Waals surface area contributed by atoms with Crippen LogP contribution < -0.4 is 0 Å². The Morgan fingerprint density at radius 3 is 2.56 bits per heavy atom. The molecule has 2 nitrogen and oxygen atoms in total. The van der Waals surface area contributed by atoms with Crippen LogP contribution in [0.2, 0.25) is 0 Å². The number of phenols is 1. The molecule has 3 heteroatoms. The van der Waals surface area contributed by atoms with Gasteiger partial charge in [0.2, 0.25) is 0 Å². The van der Waals surface area contributed by atoms with Gasteiger partial charge < -0.3 is 5.11 Å². The van der Waals surface area contributed by atoms with Crippen molar-refractivity contribution in [2.75, 3.05) is 11.5 Å². The van der Waals surface area contributed by atoms with Crippen LogP contribution in [-0.2, 0) is 19.3 Å². The molecule has 2 aromatic carbocycles. The Kier molecular flexibility index (Phi) is 6.64. The fourth-order valence-corrected chi connectivity index (χ4v) is 4.94. The minimum atomic E-state index is -0.0471. The number of hydrogen-bond donors (Lipinski definition) is 1. The number of fused-ring (bicyclic) bond motifs is 1. The highest BCUT2D eigenvalue weighted by molar-refractivity contribution is 7.99. The van der Waals surface area contributed by atoms with Crippen molar-refractivity contribution < 1.29 is 9.90 Å². The highest BCUT2D eigenvalue weighted by Gasteiger charge is 2.38. The van der Waals surface area contributed by atoms with Gasteiger partial charge in [0.25, 0.3) is 0 Å². The molecule has 0 bridgehead atoms. The fourth-order valence-electron chi connectivity index (χ4n) is 4.30. The van der Waals surface area contributed by atoms with Crippen LogP contribution in [0.5, 0.6) is 5.75 Å². The topological polar surface area (TPSA) is 37.3 Å². The zero-order chi connectivity index (χ0) is 19.3. The number of carbonyl (C=O) groups excluding carboxylic acids is 1. The van der Waals surface area contributed by atoms with Crippen molar-refractivity contribution in [3.8, 4) is 5.75 Å². The lowest BCUT2D eigenvalue weighted by atomic mass is 9.66. The minimum absolute atomic E-state index is 0.0471. The number of aryl methyl sites for hydroxylation is 1. The van der Waals surface area contributed by atoms with Crippen molar-refractivity contribution in [3.63, 3.8) is 0 Å². The summed E-state index contributed by atoms with van der Waals surface area (Å²) < 4.78 is 0. The Labute approximate surface area is 167 Å². The second-order valence-electron chi connectivity index (χ2n) is 7.74. The van der Waals surface area contributed by atoms with Crippen LogP contribution in [0.25, 0.3) is 0 Å². The molecule has 0 amide bonds. The molecule has 0 fully saturated rings. The average Bonchev–Trinajstić information content (AvgIpc) is 2.65. The zero-order valence-corrected chi connectivity index (χ0v) is 17.3. The first-order valence-electron chi connectivity index (χ1n) is 10.1. The Balaban J connectivity index is 1.85. The third kappa shape index (κ3) is 4.76. The molecule has 0 spiro atoms. The lowest BCUT2D eigenvalue weighted by Gasteiger charge is -2.37. The number of benzene rings is 2. The maximum atomic E-state index is 12.9. The Hall–Kier alpha value is -1.74. The highest BCUT2D eigenvalue weighted by Crippen LogP contribution is 2.43. The third-order valence-electron chi connectivity index (χ3n) is 5.77. The van der Waals surface area contributed by atoms with Gasteiger partial charge in [-0.1, -0.05) is 50.2 Å². The summed E-state index contributed by atoms with van der Waals surface area (Å²) in [5, 5.41) is 10.5. The molecule has 1 aliphatic rings. The first kappa shape index (κ1) is 20.0. The summed E-state index contributed by atoms with van der Waals surface area (Å²) in [6.45, 7) is 4.37. The molecule has 1 unspecified atom stereocenters. The Morgan fingerprint density at radius 2 is 1.85 bits per heavy atom. The number of phenolic OH excluding ortho intramolecular Hbond substituents is 1. The third-order valence-corrected chi connectivity index (χ3v) is 6.75. The monoisotopic (exact) mass is 382 g/mol. The molecule has 0 heterocycles. The summed E-state index contributed by atoms with van der Waals surface area (Å²) in [5.41, 5.74) is 4.00. The summed E-state index contributed by atoms with van der Waals surface area (Å²) in [5.74, 6) is 2.56. The van der Waals surface area contributed by atoms with Crippen molar-refractivity contribution in [1.29, 1.82) is 0 Å². The molecule has 27 heavy (non-hydrogen) atoms. The molecule has 144 valence electrons. The summed E-state index contributed by atoms with van der Waals surface area (Å²) in [7, 11) is 0. The van der Waals surface area contributed by atoms with Gasteiger partial charge in [0.05, 0.1) is 5.56 Å². The van der Waals surface area contributed by atoms with Crippen LogP contribution in [-0.4, -0.2) is 22.4 Å². The highest BCUT2D eigenvalue weighted by atomic mass is 32.2. The van der Waals surface area contributed by atoms with Gasteiger partial charge in [0.1, 0.15) is 5.75 Å². The van der Waals surface area contributed by atoms with E-state index in [1.807, 2.05) is 23.9 Å². The van der Waals surface area contributed by atoms with Crippen LogP contribution in [0.4, 0.5) is 0 Å². The van der Waals surface area contributed by atoms with Gasteiger partial charge in [-0.05, 0) is 71.8 Å². The van der Waals surface area contributed by atoms with E-state index in [0.717, 1.165) is 54.7 Å². The van der Waals surface area contributed by atoms with Crippen LogP contribution in [0.1, 0.15) is 60.2 Å². The second kappa shape index (κ2) is 8.97. The maximum absolute atomic E-state index is 12.9. The molecule has 3 rings (SSSR count). The van der Waals surface area contributed by atoms with Gasteiger partial charge in [-0.25, -0.2) is 0 Å². The van der Waals surface area contributed by atoms with E-state index >= 15 is 0 Å². The second-order valence-corrected chi connectivity index (χ2v) is 9.14. The molecule has 0 aromatic heterocycles. The van der Waals surface area contributed by atoms with Gasteiger partial charge in [0, 0.05) is 6.42 Å². The van der Waals surface area contributed by atoms with Crippen LogP contribution in [0.3, 0.4) is 0 Å². The van der Waals surface area contributed by atoms with Gasteiger partial charge in [-0.2, -0.15) is 11.8 Å². The molecule has 2 aromatic rings. The summed E-state index contributed by atoms with van der Waals surface area (Å²) >= 11 is 1.95. The van der Waals surface area contributed by atoms with E-state index in [2.05, 4.69) is 44.2 Å². The zero-order valence-electron chi connectivity index (χ0n) is 16.5. The molecule has 0 radical (unpaired) electrons. The van der Waals surface area contributed by atoms with Crippen molar-refractivity contribution in [3.05, 3.63) is 64.7 Å². The molecular formula is C24H30O2S. The fraction of sp³-hybridized carbons (Fsp3) is 0.458. The van der Waals surface area contributed by atoms with Crippen molar-refractivity contribution in [2.45, 2.75) is 52.4 Å². The molecular weight excluding hydrogens is 352 g/mol. The van der Waals surface area contributed by atoms with E-state index in [4.69, 9.17) is 0 Å². The van der Waals surface area contributed by atoms with E-state index in [1.165, 1.54) is 5.56 Å². The largest absolute Gasteiger partial charge is 0.507 e. The summed E-state index contributed by atoms with van der Waals surface area (Å²) in [6.07, 6.45) is 5.32. The van der Waals surface area contributed by atoms with E-state index < -0.39 is 0 Å². The lowest BCUT2D eigenvalue weighted by Crippen LogP contribution is -2.34. The smallest absolute Gasteiger partial charge is 0.167 e. The lowest BCUT2D eigenvalue weighted by molar-refractivity contribution is 0.0873. The molecule has 1 N–H and O–H groups in total. The number of aromatic hydroxyl groups is 1. The standard InChI is InChI=1S/C24H30O2S/c1-3-24(15-18-9-6-5-7-10-18)16-20-13-19(11-8-12-27-4-2)14-21(25)23(20)22(26)17-24/h5-7,9-10,13-14,25H,3-4,8,11-12,15-17H2,1-2H3. The number of Topliss-reactive ketones (excluding diaryl/α,β-unsaturated/α-hetero) is 1. The van der Waals surface area contributed by atoms with Crippen LogP contribution in [0.15, 0.2) is 42.5 Å². The quantitative estimate of drug-likeness (QED) is 0.582. The van der Waals surface area contributed by atoms with E-state index in [9.17, 15) is 9.90 Å². The number of ketones is 1. The van der Waals surface area contributed by atoms with Crippen LogP contribution in [0, 0.1) is 5.41 Å². The molecule has 1 atom stereocenters. The van der Waals surface area contributed by atoms with Crippen molar-refractivity contribution in [2.24, 2.45) is 5.41 Å². The van der Waals surface area contributed by atoms with Crippen molar-refractivity contribution in [1.82, 2.24) is 0 Å². The molecule has 0 aliphatic heterocycles. The molecule has 1 aliphatic carbocycles. The number of carbonyl (C=O) groups is 1. The molecule has 0 saturated carbocycles. The van der Waals surface area contributed by atoms with Crippen molar-refractivity contribution >= 4 is 17.5 Å². The van der Waals surface area contributed by atoms with E-state index in [-0.39, 0.29) is 16.9 Å². The maximum Gasteiger partial charge on any atom is 0.167 e. The predicted molar refractivity (Wildman–Crippen MR) is 115 cm³/mol. The van der Waals surface area contributed by atoms with Gasteiger partial charge in [-0.3, -0.25) is 4.79 Å². The van der Waals surface area contributed by atoms with Gasteiger partial charge >= 0.3 is 0 Å². The van der Waals surface area contributed by atoms with Gasteiger partial charge in [0.15, 0.2) is 5.78 Å². The predicted octanol–water partition coefficient (Wildman–Crippen LogP) is 5.85. The first-order valence-corrected chi connectivity index (χ1v) is 11.2. The van der Waals surface area contributed by atoms with E-state index in [1.54, 1.807) is 0 Å². The Bertz CT molecular complexity index is 784. The Morgan fingerprint density at radius 1 is 1.07 bits per heavy atom. The summed E-state index contributed by atoms with van der Waals surface area (Å²) in [4.78, 5) is 12.9. The first-order chi connectivity index (χ1) is 13.1. The van der Waals surface area contributed by atoms with E-state index in [0.29, 0.717) is 12.0 Å². The van der Waals surface area contributed by atoms with Gasteiger partial charge in [-0.15, -0.1) is 0 Å².